The number of carbonyl (C=O) groups is 2. The minimum atomic E-state index is 0.129. The molecule has 2 heteroatoms. The predicted molar refractivity (Wildman–Crippen MR) is 105 cm³/mol. The number of unbranched alkanes of at least 4 members (excludes halogenated alkanes) is 11. The summed E-state index contributed by atoms with van der Waals surface area (Å²) in [6.07, 6.45) is 25.5. The smallest absolute Gasteiger partial charge is 0.158 e. The molecular weight excluding hydrogens is 308 g/mol. The third-order valence-corrected chi connectivity index (χ3v) is 6.13. The maximum absolute atomic E-state index is 11.5. The average Bonchev–Trinajstić information content (AvgIpc) is 3.30. The van der Waals surface area contributed by atoms with E-state index in [0.29, 0.717) is 5.78 Å². The van der Waals surface area contributed by atoms with E-state index in [1.807, 2.05) is 0 Å². The van der Waals surface area contributed by atoms with Crippen molar-refractivity contribution in [2.45, 2.75) is 116 Å². The second-order valence-electron chi connectivity index (χ2n) is 8.41. The fourth-order valence-corrected chi connectivity index (χ4v) is 4.04. The molecule has 0 radical (unpaired) electrons. The second-order valence-corrected chi connectivity index (χ2v) is 8.41. The van der Waals surface area contributed by atoms with Crippen LogP contribution in [-0.4, -0.2) is 12.1 Å². The molecule has 0 aromatic heterocycles. The fraction of sp³-hybridized carbons (Fsp3) is 0.826. The first-order valence-electron chi connectivity index (χ1n) is 10.9. The van der Waals surface area contributed by atoms with Gasteiger partial charge in [0, 0.05) is 11.8 Å². The molecule has 0 spiro atoms. The number of aldehydes is 1. The van der Waals surface area contributed by atoms with E-state index in [1.165, 1.54) is 83.3 Å². The van der Waals surface area contributed by atoms with E-state index in [1.54, 1.807) is 0 Å². The number of allylic oxidation sites excluding steroid dienone is 2. The summed E-state index contributed by atoms with van der Waals surface area (Å²) in [6.45, 7) is 0. The first-order chi connectivity index (χ1) is 12.3. The number of carbonyl (C=O) groups excluding carboxylic acids is 2. The molecule has 0 unspecified atom stereocenters. The fourth-order valence-electron chi connectivity index (χ4n) is 4.04. The molecule has 25 heavy (non-hydrogen) atoms. The van der Waals surface area contributed by atoms with Crippen molar-refractivity contribution >= 4 is 12.1 Å². The lowest BCUT2D eigenvalue weighted by Crippen LogP contribution is -2.00. The third kappa shape index (κ3) is 8.33. The summed E-state index contributed by atoms with van der Waals surface area (Å²) >= 11 is 0. The molecule has 0 bridgehead atoms. The Kier molecular flexibility index (Phi) is 9.50. The Bertz CT molecular complexity index is 431. The van der Waals surface area contributed by atoms with Crippen LogP contribution in [-0.2, 0) is 9.59 Å². The highest BCUT2D eigenvalue weighted by atomic mass is 16.1. The van der Waals surface area contributed by atoms with Gasteiger partial charge in [0.1, 0.15) is 6.29 Å². The van der Waals surface area contributed by atoms with Crippen LogP contribution >= 0.6 is 0 Å². The molecule has 0 amide bonds. The molecule has 142 valence electrons. The molecule has 1 fully saturated rings. The molecule has 2 nitrogen and oxygen atoms in total. The van der Waals surface area contributed by atoms with Gasteiger partial charge in [-0.15, -0.1) is 0 Å². The number of rotatable bonds is 16. The number of hydrogen-bond acceptors (Lipinski definition) is 2. The summed E-state index contributed by atoms with van der Waals surface area (Å²) in [7, 11) is 0. The zero-order valence-corrected chi connectivity index (χ0v) is 16.2. The Morgan fingerprint density at radius 3 is 1.76 bits per heavy atom. The van der Waals surface area contributed by atoms with Crippen molar-refractivity contribution in [2.75, 3.05) is 0 Å². The lowest BCUT2D eigenvalue weighted by molar-refractivity contribution is -0.115. The van der Waals surface area contributed by atoms with Gasteiger partial charge in [0.05, 0.1) is 0 Å². The Morgan fingerprint density at radius 2 is 1.32 bits per heavy atom. The molecule has 0 saturated heterocycles. The van der Waals surface area contributed by atoms with E-state index >= 15 is 0 Å². The maximum Gasteiger partial charge on any atom is 0.158 e. The van der Waals surface area contributed by atoms with Crippen LogP contribution in [0.3, 0.4) is 0 Å². The molecular formula is C23H38O2. The van der Waals surface area contributed by atoms with Gasteiger partial charge in [-0.2, -0.15) is 0 Å². The molecule has 0 aromatic rings. The van der Waals surface area contributed by atoms with Crippen molar-refractivity contribution < 1.29 is 9.59 Å². The normalized spacial score (nSPS) is 18.4. The van der Waals surface area contributed by atoms with Crippen LogP contribution in [0.2, 0.25) is 0 Å². The third-order valence-electron chi connectivity index (χ3n) is 6.13. The highest BCUT2D eigenvalue weighted by molar-refractivity contribution is 5.97. The molecule has 0 N–H and O–H groups in total. The second kappa shape index (κ2) is 11.6. The Morgan fingerprint density at radius 1 is 0.800 bits per heavy atom. The molecule has 0 atom stereocenters. The minimum Gasteiger partial charge on any atom is -0.303 e. The Labute approximate surface area is 154 Å². The summed E-state index contributed by atoms with van der Waals surface area (Å²) in [5.41, 5.74) is 1.24. The molecule has 1 saturated carbocycles. The van der Waals surface area contributed by atoms with E-state index < -0.39 is 0 Å². The van der Waals surface area contributed by atoms with Crippen LogP contribution in [0, 0.1) is 5.41 Å². The average molecular weight is 347 g/mol. The Hall–Kier alpha value is -0.920. The zero-order valence-electron chi connectivity index (χ0n) is 16.2. The van der Waals surface area contributed by atoms with Gasteiger partial charge in [0.2, 0.25) is 0 Å². The van der Waals surface area contributed by atoms with Gasteiger partial charge in [-0.05, 0) is 44.1 Å². The van der Waals surface area contributed by atoms with Crippen molar-refractivity contribution in [1.29, 1.82) is 0 Å². The summed E-state index contributed by atoms with van der Waals surface area (Å²) < 4.78 is 0. The zero-order chi connectivity index (χ0) is 17.8. The van der Waals surface area contributed by atoms with Crippen LogP contribution in [0.1, 0.15) is 116 Å². The lowest BCUT2D eigenvalue weighted by atomic mass is 9.99. The van der Waals surface area contributed by atoms with E-state index in [0.717, 1.165) is 44.1 Å². The van der Waals surface area contributed by atoms with Gasteiger partial charge < -0.3 is 4.79 Å². The number of hydrogen-bond donors (Lipinski definition) is 0. The lowest BCUT2D eigenvalue weighted by Gasteiger charge is -2.06. The minimum absolute atomic E-state index is 0.129. The number of Topliss-reactive ketones (excluding diaryl/α,β-unsaturated/α-hetero) is 1. The van der Waals surface area contributed by atoms with E-state index in [-0.39, 0.29) is 5.41 Å². The van der Waals surface area contributed by atoms with Crippen LogP contribution < -0.4 is 0 Å². The highest BCUT2D eigenvalue weighted by Gasteiger charge is 2.41. The maximum atomic E-state index is 11.5. The van der Waals surface area contributed by atoms with Gasteiger partial charge in [-0.3, -0.25) is 4.79 Å². The summed E-state index contributed by atoms with van der Waals surface area (Å²) in [5, 5.41) is 0. The SMILES string of the molecule is O=CC1(CCCCCCCCCCCCCCC2=CCCC2=O)CC1. The molecule has 2 rings (SSSR count). The van der Waals surface area contributed by atoms with E-state index in [2.05, 4.69) is 6.08 Å². The van der Waals surface area contributed by atoms with Gasteiger partial charge in [-0.1, -0.05) is 76.7 Å². The molecule has 0 aliphatic heterocycles. The quantitative estimate of drug-likeness (QED) is 0.230. The Balaban J connectivity index is 1.26. The highest BCUT2D eigenvalue weighted by Crippen LogP contribution is 2.47. The van der Waals surface area contributed by atoms with Gasteiger partial charge in [0.15, 0.2) is 5.78 Å². The van der Waals surface area contributed by atoms with Gasteiger partial charge in [-0.25, -0.2) is 0 Å². The monoisotopic (exact) mass is 346 g/mol. The largest absolute Gasteiger partial charge is 0.303 e. The summed E-state index contributed by atoms with van der Waals surface area (Å²) in [5.74, 6) is 0.399. The summed E-state index contributed by atoms with van der Waals surface area (Å²) in [6, 6.07) is 0. The molecule has 2 aliphatic rings. The first-order valence-corrected chi connectivity index (χ1v) is 10.9. The van der Waals surface area contributed by atoms with Gasteiger partial charge >= 0.3 is 0 Å². The first kappa shape index (κ1) is 20.4. The predicted octanol–water partition coefficient (Wildman–Crippen LogP) is 6.72. The molecule has 0 aromatic carbocycles. The van der Waals surface area contributed by atoms with Crippen molar-refractivity contribution in [3.05, 3.63) is 11.6 Å². The van der Waals surface area contributed by atoms with Crippen molar-refractivity contribution in [2.24, 2.45) is 5.41 Å². The van der Waals surface area contributed by atoms with Crippen molar-refractivity contribution in [3.8, 4) is 0 Å². The van der Waals surface area contributed by atoms with Crippen LogP contribution in [0.15, 0.2) is 11.6 Å². The number of ketones is 1. The van der Waals surface area contributed by atoms with Crippen molar-refractivity contribution in [3.63, 3.8) is 0 Å². The van der Waals surface area contributed by atoms with Crippen LogP contribution in [0.25, 0.3) is 0 Å². The van der Waals surface area contributed by atoms with Crippen LogP contribution in [0.4, 0.5) is 0 Å². The molecule has 2 aliphatic carbocycles. The van der Waals surface area contributed by atoms with E-state index in [4.69, 9.17) is 0 Å². The topological polar surface area (TPSA) is 34.1 Å². The van der Waals surface area contributed by atoms with Crippen LogP contribution in [0.5, 0.6) is 0 Å². The van der Waals surface area contributed by atoms with E-state index in [9.17, 15) is 9.59 Å². The van der Waals surface area contributed by atoms with Gasteiger partial charge in [0.25, 0.3) is 0 Å². The van der Waals surface area contributed by atoms with Crippen molar-refractivity contribution in [1.82, 2.24) is 0 Å². The standard InChI is InChI=1S/C23H38O2/c24-20-23(18-19-23)17-12-10-8-6-4-2-1-3-5-7-9-11-14-21-15-13-16-22(21)25/h15,20H,1-14,16-19H2. The molecule has 0 heterocycles. The summed E-state index contributed by atoms with van der Waals surface area (Å²) in [4.78, 5) is 22.4.